The van der Waals surface area contributed by atoms with Crippen molar-refractivity contribution in [2.45, 2.75) is 0 Å². The lowest BCUT2D eigenvalue weighted by molar-refractivity contribution is 1.07. The van der Waals surface area contributed by atoms with E-state index in [1.807, 2.05) is 60.7 Å². The summed E-state index contributed by atoms with van der Waals surface area (Å²) in [5, 5.41) is 15.6. The Labute approximate surface area is 369 Å². The number of para-hydroxylation sites is 3. The molecule has 0 N–H and O–H groups in total. The fourth-order valence-corrected chi connectivity index (χ4v) is 9.22. The summed E-state index contributed by atoms with van der Waals surface area (Å²) >= 11 is 0. The molecule has 6 heteroatoms. The molecule has 12 aromatic rings. The fourth-order valence-electron chi connectivity index (χ4n) is 9.22. The minimum atomic E-state index is 0.484. The topological polar surface area (TPSA) is 72.3 Å². The molecule has 64 heavy (non-hydrogen) atoms. The van der Waals surface area contributed by atoms with Crippen LogP contribution in [-0.2, 0) is 0 Å². The van der Waals surface area contributed by atoms with Gasteiger partial charge >= 0.3 is 0 Å². The van der Waals surface area contributed by atoms with Crippen molar-refractivity contribution in [3.63, 3.8) is 0 Å². The average molecular weight is 817 g/mol. The van der Waals surface area contributed by atoms with E-state index in [0.717, 1.165) is 93.9 Å². The molecule has 0 amide bonds. The maximum atomic E-state index is 11.1. The van der Waals surface area contributed by atoms with Gasteiger partial charge < -0.3 is 9.13 Å². The van der Waals surface area contributed by atoms with E-state index < -0.39 is 0 Å². The molecule has 0 unspecified atom stereocenters. The predicted molar refractivity (Wildman–Crippen MR) is 260 cm³/mol. The lowest BCUT2D eigenvalue weighted by Crippen LogP contribution is -2.02. The molecule has 0 atom stereocenters. The summed E-state index contributed by atoms with van der Waals surface area (Å²) in [6.07, 6.45) is 0. The lowest BCUT2D eigenvalue weighted by Gasteiger charge is -2.13. The minimum absolute atomic E-state index is 0.484. The van der Waals surface area contributed by atoms with E-state index in [4.69, 9.17) is 15.0 Å². The maximum absolute atomic E-state index is 11.1. The highest BCUT2D eigenvalue weighted by Crippen LogP contribution is 2.43. The summed E-state index contributed by atoms with van der Waals surface area (Å²) in [5.74, 6) is 1.58. The third-order valence-corrected chi connectivity index (χ3v) is 12.2. The van der Waals surface area contributed by atoms with Gasteiger partial charge in [0.2, 0.25) is 0 Å². The molecule has 0 aliphatic rings. The number of nitriles is 1. The zero-order valence-electron chi connectivity index (χ0n) is 34.5. The second-order valence-electron chi connectivity index (χ2n) is 15.9. The summed E-state index contributed by atoms with van der Waals surface area (Å²) in [4.78, 5) is 15.3. The third-order valence-electron chi connectivity index (χ3n) is 12.2. The van der Waals surface area contributed by atoms with Gasteiger partial charge in [-0.2, -0.15) is 5.26 Å². The number of hydrogen-bond donors (Lipinski definition) is 0. The first-order chi connectivity index (χ1) is 31.7. The van der Waals surface area contributed by atoms with Gasteiger partial charge in [0.25, 0.3) is 0 Å². The van der Waals surface area contributed by atoms with Gasteiger partial charge in [-0.1, -0.05) is 170 Å². The summed E-state index contributed by atoms with van der Waals surface area (Å²) in [5.41, 5.74) is 13.6. The van der Waals surface area contributed by atoms with Crippen LogP contribution in [0.15, 0.2) is 218 Å². The van der Waals surface area contributed by atoms with Gasteiger partial charge in [0.15, 0.2) is 17.5 Å². The van der Waals surface area contributed by atoms with Gasteiger partial charge in [0.1, 0.15) is 6.07 Å². The molecule has 0 bridgehead atoms. The van der Waals surface area contributed by atoms with Crippen LogP contribution in [0.4, 0.5) is 0 Å². The molecule has 0 saturated heterocycles. The number of hydrogen-bond acceptors (Lipinski definition) is 4. The van der Waals surface area contributed by atoms with Crippen LogP contribution in [0.2, 0.25) is 0 Å². The van der Waals surface area contributed by atoms with Crippen LogP contribution in [0.1, 0.15) is 5.56 Å². The van der Waals surface area contributed by atoms with E-state index in [2.05, 4.69) is 173 Å². The molecule has 6 nitrogen and oxygen atoms in total. The Hall–Kier alpha value is -8.92. The molecule has 0 aliphatic carbocycles. The summed E-state index contributed by atoms with van der Waals surface area (Å²) in [7, 11) is 0. The van der Waals surface area contributed by atoms with Gasteiger partial charge in [0.05, 0.1) is 33.3 Å². The Morgan fingerprint density at radius 2 is 0.797 bits per heavy atom. The Balaban J connectivity index is 1.04. The molecule has 0 fully saturated rings. The molecule has 12 rings (SSSR count). The van der Waals surface area contributed by atoms with Gasteiger partial charge in [-0.05, 0) is 70.8 Å². The molecule has 298 valence electrons. The van der Waals surface area contributed by atoms with Gasteiger partial charge in [-0.25, -0.2) is 15.0 Å². The van der Waals surface area contributed by atoms with Crippen LogP contribution >= 0.6 is 0 Å². The zero-order chi connectivity index (χ0) is 42.6. The first-order valence-corrected chi connectivity index (χ1v) is 21.3. The van der Waals surface area contributed by atoms with Crippen molar-refractivity contribution in [1.29, 1.82) is 5.26 Å². The molecule has 3 aromatic heterocycles. The average Bonchev–Trinajstić information content (AvgIpc) is 3.90. The van der Waals surface area contributed by atoms with Gasteiger partial charge in [-0.3, -0.25) is 0 Å². The molecule has 0 spiro atoms. The maximum Gasteiger partial charge on any atom is 0.164 e. The zero-order valence-corrected chi connectivity index (χ0v) is 34.5. The summed E-state index contributed by atoms with van der Waals surface area (Å²) in [6, 6.07) is 77.9. The monoisotopic (exact) mass is 816 g/mol. The smallest absolute Gasteiger partial charge is 0.164 e. The largest absolute Gasteiger partial charge is 0.309 e. The highest BCUT2D eigenvalue weighted by atomic mass is 15.0. The van der Waals surface area contributed by atoms with Crippen molar-refractivity contribution < 1.29 is 0 Å². The minimum Gasteiger partial charge on any atom is -0.309 e. The quantitative estimate of drug-likeness (QED) is 0.161. The summed E-state index contributed by atoms with van der Waals surface area (Å²) < 4.78 is 4.60. The van der Waals surface area contributed by atoms with Gasteiger partial charge in [0, 0.05) is 43.9 Å². The molecule has 0 aliphatic heterocycles. The standard InChI is InChI=1S/C58H36N6/c59-37-45-36-44(58-61-56(42-28-24-40(25-29-42)38-14-4-1-5-15-38)60-57(62-58)43-30-26-41(27-31-43)39-16-6-2-7-17-39)32-34-50(45)64-51-22-12-10-20-47(51)48-33-35-53-54(55(48)64)49-21-11-13-23-52(49)63(53)46-18-8-3-9-19-46/h1-36H. The van der Waals surface area contributed by atoms with E-state index in [-0.39, 0.29) is 0 Å². The second kappa shape index (κ2) is 15.2. The highest BCUT2D eigenvalue weighted by molar-refractivity contribution is 6.26. The molecule has 0 saturated carbocycles. The Bertz CT molecular complexity index is 3650. The van der Waals surface area contributed by atoms with Crippen molar-refractivity contribution in [1.82, 2.24) is 24.1 Å². The van der Waals surface area contributed by atoms with Crippen molar-refractivity contribution >= 4 is 43.6 Å². The SMILES string of the molecule is N#Cc1cc(-c2nc(-c3ccc(-c4ccccc4)cc3)nc(-c3ccc(-c4ccccc4)cc3)n2)ccc1-n1c2ccccc2c2ccc3c(c4ccccc4n3-c3ccccc3)c21. The first kappa shape index (κ1) is 36.9. The normalized spacial score (nSPS) is 11.4. The van der Waals surface area contributed by atoms with Crippen LogP contribution in [0.5, 0.6) is 0 Å². The van der Waals surface area contributed by atoms with E-state index in [9.17, 15) is 5.26 Å². The van der Waals surface area contributed by atoms with Crippen molar-refractivity contribution in [3.8, 4) is 73.9 Å². The third kappa shape index (κ3) is 6.14. The number of nitrogens with zero attached hydrogens (tertiary/aromatic N) is 6. The van der Waals surface area contributed by atoms with Crippen LogP contribution in [0, 0.1) is 11.3 Å². The second-order valence-corrected chi connectivity index (χ2v) is 15.9. The molecule has 3 heterocycles. The Morgan fingerprint density at radius 1 is 0.344 bits per heavy atom. The number of aromatic nitrogens is 5. The van der Waals surface area contributed by atoms with Crippen LogP contribution < -0.4 is 0 Å². The van der Waals surface area contributed by atoms with Crippen molar-refractivity contribution in [2.75, 3.05) is 0 Å². The van der Waals surface area contributed by atoms with Crippen molar-refractivity contribution in [3.05, 3.63) is 224 Å². The molecular formula is C58H36N6. The van der Waals surface area contributed by atoms with E-state index >= 15 is 0 Å². The predicted octanol–water partition coefficient (Wildman–Crippen LogP) is 14.3. The number of benzene rings is 9. The number of fused-ring (bicyclic) bond motifs is 7. The van der Waals surface area contributed by atoms with E-state index in [1.165, 1.54) is 0 Å². The molecule has 0 radical (unpaired) electrons. The Kier molecular flexibility index (Phi) is 8.77. The van der Waals surface area contributed by atoms with Crippen molar-refractivity contribution in [2.24, 2.45) is 0 Å². The Morgan fingerprint density at radius 3 is 1.38 bits per heavy atom. The van der Waals surface area contributed by atoms with Crippen LogP contribution in [0.25, 0.3) is 111 Å². The number of rotatable bonds is 7. The fraction of sp³-hybridized carbons (Fsp3) is 0. The van der Waals surface area contributed by atoms with E-state index in [1.54, 1.807) is 0 Å². The molecule has 9 aromatic carbocycles. The van der Waals surface area contributed by atoms with Gasteiger partial charge in [-0.15, -0.1) is 0 Å². The summed E-state index contributed by atoms with van der Waals surface area (Å²) in [6.45, 7) is 0. The lowest BCUT2D eigenvalue weighted by atomic mass is 10.0. The molecular weight excluding hydrogens is 781 g/mol. The van der Waals surface area contributed by atoms with E-state index in [0.29, 0.717) is 23.0 Å². The first-order valence-electron chi connectivity index (χ1n) is 21.3. The van der Waals surface area contributed by atoms with Crippen LogP contribution in [-0.4, -0.2) is 24.1 Å². The highest BCUT2D eigenvalue weighted by Gasteiger charge is 2.23. The van der Waals surface area contributed by atoms with Crippen LogP contribution in [0.3, 0.4) is 0 Å².